The number of anilines is 3. The Morgan fingerprint density at radius 2 is 1.65 bits per heavy atom. The molecule has 0 atom stereocenters. The number of nitrogen functional groups attached to an aromatic ring is 1. The maximum atomic E-state index is 11.8. The molecule has 0 aliphatic carbocycles. The molecule has 20 heavy (non-hydrogen) atoms. The molecule has 0 aliphatic heterocycles. The highest BCUT2D eigenvalue weighted by Gasteiger charge is 2.11. The van der Waals surface area contributed by atoms with Crippen molar-refractivity contribution in [2.24, 2.45) is 0 Å². The monoisotopic (exact) mass is 330 g/mol. The van der Waals surface area contributed by atoms with Gasteiger partial charge in [0, 0.05) is 15.5 Å². The SMILES string of the molecule is Nc1oc(=O)c2ccccc2c1Nc1ccc(Br)cc1. The Morgan fingerprint density at radius 3 is 2.35 bits per heavy atom. The third-order valence-corrected chi connectivity index (χ3v) is 3.51. The second-order valence-corrected chi connectivity index (χ2v) is 5.22. The summed E-state index contributed by atoms with van der Waals surface area (Å²) in [6.07, 6.45) is 0. The van der Waals surface area contributed by atoms with E-state index < -0.39 is 5.63 Å². The van der Waals surface area contributed by atoms with E-state index in [9.17, 15) is 4.79 Å². The van der Waals surface area contributed by atoms with Gasteiger partial charge in [0.15, 0.2) is 0 Å². The van der Waals surface area contributed by atoms with Gasteiger partial charge in [-0.3, -0.25) is 0 Å². The lowest BCUT2D eigenvalue weighted by atomic mass is 10.1. The quantitative estimate of drug-likeness (QED) is 0.748. The van der Waals surface area contributed by atoms with Gasteiger partial charge in [0.1, 0.15) is 5.69 Å². The lowest BCUT2D eigenvalue weighted by molar-refractivity contribution is 0.542. The fourth-order valence-electron chi connectivity index (χ4n) is 2.02. The minimum Gasteiger partial charge on any atom is -0.404 e. The Morgan fingerprint density at radius 1 is 1.00 bits per heavy atom. The van der Waals surface area contributed by atoms with Gasteiger partial charge >= 0.3 is 5.63 Å². The average Bonchev–Trinajstić information content (AvgIpc) is 2.45. The normalized spacial score (nSPS) is 10.7. The van der Waals surface area contributed by atoms with E-state index in [-0.39, 0.29) is 5.88 Å². The minimum absolute atomic E-state index is 0.0802. The molecule has 3 N–H and O–H groups in total. The van der Waals surface area contributed by atoms with Crippen LogP contribution in [0, 0.1) is 0 Å². The van der Waals surface area contributed by atoms with E-state index in [1.165, 1.54) is 0 Å². The standard InChI is InChI=1S/C15H11BrN2O2/c16-9-5-7-10(8-6-9)18-13-11-3-1-2-4-12(11)15(19)20-14(13)17/h1-8,18H,17H2. The third-order valence-electron chi connectivity index (χ3n) is 2.98. The molecule has 5 heteroatoms. The second-order valence-electron chi connectivity index (χ2n) is 4.31. The van der Waals surface area contributed by atoms with Crippen molar-refractivity contribution in [1.29, 1.82) is 0 Å². The first-order chi connectivity index (χ1) is 9.65. The number of halogens is 1. The molecule has 1 aromatic heterocycles. The summed E-state index contributed by atoms with van der Waals surface area (Å²) in [5.74, 6) is 0.0802. The molecule has 0 aliphatic rings. The van der Waals surface area contributed by atoms with E-state index in [1.807, 2.05) is 36.4 Å². The van der Waals surface area contributed by atoms with E-state index in [0.29, 0.717) is 11.1 Å². The van der Waals surface area contributed by atoms with Crippen LogP contribution in [0.2, 0.25) is 0 Å². The van der Waals surface area contributed by atoms with Crippen LogP contribution in [-0.4, -0.2) is 0 Å². The number of hydrogen-bond donors (Lipinski definition) is 2. The second kappa shape index (κ2) is 5.02. The number of hydrogen-bond acceptors (Lipinski definition) is 4. The summed E-state index contributed by atoms with van der Waals surface area (Å²) < 4.78 is 6.05. The van der Waals surface area contributed by atoms with Gasteiger partial charge in [0.05, 0.1) is 5.39 Å². The predicted molar refractivity (Wildman–Crippen MR) is 84.3 cm³/mol. The molecule has 0 unspecified atom stereocenters. The summed E-state index contributed by atoms with van der Waals surface area (Å²) >= 11 is 3.38. The first kappa shape index (κ1) is 12.7. The predicted octanol–water partition coefficient (Wildman–Crippen LogP) is 3.88. The van der Waals surface area contributed by atoms with Crippen LogP contribution in [0.3, 0.4) is 0 Å². The highest BCUT2D eigenvalue weighted by Crippen LogP contribution is 2.30. The van der Waals surface area contributed by atoms with E-state index in [0.717, 1.165) is 15.5 Å². The molecule has 3 aromatic rings. The van der Waals surface area contributed by atoms with Crippen LogP contribution in [0.15, 0.2) is 62.2 Å². The summed E-state index contributed by atoms with van der Waals surface area (Å²) in [6, 6.07) is 14.8. The van der Waals surface area contributed by atoms with E-state index in [2.05, 4.69) is 21.2 Å². The Bertz CT molecular complexity index is 825. The molecule has 4 nitrogen and oxygen atoms in total. The summed E-state index contributed by atoms with van der Waals surface area (Å²) in [5, 5.41) is 4.43. The van der Waals surface area contributed by atoms with Crippen molar-refractivity contribution in [2.75, 3.05) is 11.1 Å². The highest BCUT2D eigenvalue weighted by molar-refractivity contribution is 9.10. The van der Waals surface area contributed by atoms with Crippen molar-refractivity contribution in [2.45, 2.75) is 0 Å². The van der Waals surface area contributed by atoms with Crippen LogP contribution in [0.1, 0.15) is 0 Å². The zero-order chi connectivity index (χ0) is 14.1. The van der Waals surface area contributed by atoms with Gasteiger partial charge in [-0.2, -0.15) is 0 Å². The van der Waals surface area contributed by atoms with E-state index in [1.54, 1.807) is 12.1 Å². The number of fused-ring (bicyclic) bond motifs is 1. The lowest BCUT2D eigenvalue weighted by Gasteiger charge is -2.11. The molecule has 0 spiro atoms. The first-order valence-corrected chi connectivity index (χ1v) is 6.78. The molecule has 0 saturated carbocycles. The van der Waals surface area contributed by atoms with Gasteiger partial charge in [-0.25, -0.2) is 4.79 Å². The third kappa shape index (κ3) is 2.28. The molecule has 0 amide bonds. The fourth-order valence-corrected chi connectivity index (χ4v) is 2.29. The van der Waals surface area contributed by atoms with Gasteiger partial charge in [-0.05, 0) is 30.3 Å². The van der Waals surface area contributed by atoms with Gasteiger partial charge in [-0.1, -0.05) is 34.1 Å². The Kier molecular flexibility index (Phi) is 3.20. The van der Waals surface area contributed by atoms with Crippen molar-refractivity contribution in [3.63, 3.8) is 0 Å². The fraction of sp³-hybridized carbons (Fsp3) is 0. The Labute approximate surface area is 123 Å². The van der Waals surface area contributed by atoms with E-state index >= 15 is 0 Å². The van der Waals surface area contributed by atoms with Crippen molar-refractivity contribution in [3.05, 3.63) is 63.4 Å². The maximum Gasteiger partial charge on any atom is 0.345 e. The average molecular weight is 331 g/mol. The largest absolute Gasteiger partial charge is 0.404 e. The molecule has 2 aromatic carbocycles. The van der Waals surface area contributed by atoms with Gasteiger partial charge < -0.3 is 15.5 Å². The number of rotatable bonds is 2. The molecule has 0 bridgehead atoms. The molecular formula is C15H11BrN2O2. The van der Waals surface area contributed by atoms with E-state index in [4.69, 9.17) is 10.2 Å². The van der Waals surface area contributed by atoms with Crippen LogP contribution in [0.25, 0.3) is 10.8 Å². The highest BCUT2D eigenvalue weighted by atomic mass is 79.9. The smallest absolute Gasteiger partial charge is 0.345 e. The minimum atomic E-state index is -0.431. The summed E-state index contributed by atoms with van der Waals surface area (Å²) in [6.45, 7) is 0. The van der Waals surface area contributed by atoms with Gasteiger partial charge in [0.2, 0.25) is 5.88 Å². The van der Waals surface area contributed by atoms with Crippen LogP contribution in [-0.2, 0) is 0 Å². The molecular weight excluding hydrogens is 320 g/mol. The molecule has 1 heterocycles. The molecule has 0 saturated heterocycles. The molecule has 0 fully saturated rings. The summed E-state index contributed by atoms with van der Waals surface area (Å²) in [4.78, 5) is 11.8. The van der Waals surface area contributed by atoms with Crippen molar-refractivity contribution in [3.8, 4) is 0 Å². The van der Waals surface area contributed by atoms with Gasteiger partial charge in [0.25, 0.3) is 0 Å². The zero-order valence-corrected chi connectivity index (χ0v) is 12.0. The van der Waals surface area contributed by atoms with Crippen molar-refractivity contribution >= 4 is 44.0 Å². The molecule has 100 valence electrons. The zero-order valence-electron chi connectivity index (χ0n) is 10.4. The Hall–Kier alpha value is -2.27. The van der Waals surface area contributed by atoms with Crippen LogP contribution >= 0.6 is 15.9 Å². The number of nitrogens with two attached hydrogens (primary N) is 1. The van der Waals surface area contributed by atoms with Crippen molar-refractivity contribution in [1.82, 2.24) is 0 Å². The molecule has 0 radical (unpaired) electrons. The summed E-state index contributed by atoms with van der Waals surface area (Å²) in [7, 11) is 0. The number of nitrogens with one attached hydrogen (secondary N) is 1. The lowest BCUT2D eigenvalue weighted by Crippen LogP contribution is -2.06. The van der Waals surface area contributed by atoms with Crippen LogP contribution in [0.5, 0.6) is 0 Å². The van der Waals surface area contributed by atoms with Crippen molar-refractivity contribution < 1.29 is 4.42 Å². The molecule has 3 rings (SSSR count). The Balaban J connectivity index is 2.16. The topological polar surface area (TPSA) is 68.3 Å². The van der Waals surface area contributed by atoms with Crippen LogP contribution < -0.4 is 16.7 Å². The van der Waals surface area contributed by atoms with Crippen LogP contribution in [0.4, 0.5) is 17.3 Å². The maximum absolute atomic E-state index is 11.8. The first-order valence-electron chi connectivity index (χ1n) is 5.99. The van der Waals surface area contributed by atoms with Gasteiger partial charge in [-0.15, -0.1) is 0 Å². The number of benzene rings is 2. The summed E-state index contributed by atoms with van der Waals surface area (Å²) in [5.41, 5.74) is 6.86.